The number of amides is 2. The minimum absolute atomic E-state index is 0.0512. The fourth-order valence-electron chi connectivity index (χ4n) is 5.24. The first-order chi connectivity index (χ1) is 19.9. The fourth-order valence-corrected chi connectivity index (χ4v) is 5.24. The lowest BCUT2D eigenvalue weighted by Crippen LogP contribution is -2.69. The maximum Gasteiger partial charge on any atom is 0.341 e. The monoisotopic (exact) mass is 614 g/mol. The van der Waals surface area contributed by atoms with Crippen LogP contribution in [0.4, 0.5) is 4.79 Å². The Morgan fingerprint density at radius 3 is 2.07 bits per heavy atom. The van der Waals surface area contributed by atoms with Crippen LogP contribution in [-0.4, -0.2) is 170 Å². The number of rotatable bonds is 11. The van der Waals surface area contributed by atoms with E-state index in [4.69, 9.17) is 41.9 Å². The molecule has 2 saturated heterocycles. The van der Waals surface area contributed by atoms with E-state index >= 15 is 0 Å². The normalized spacial score (nSPS) is 44.5. The standard InChI is InChI=1S/C23H46N6O13/c24-3-1-2-4-29(38)23(37)28-9-5-8(26)19(41-22-17(35)16(34)14(32)10(6-25)39-22)18(36)20(9)42-21-15(33)12(27)13(31)11(7-30)40-21/h8-22,30-36,38H,1-7,24-27H2,(H,28,37)/t8-,9+,10+,11-,12+,13-,14+,15-,16-,17+,18-,19+,20-,21-,22+/m0/s1. The third-order valence-electron chi connectivity index (χ3n) is 7.81. The number of hydrogen-bond acceptors (Lipinski definition) is 17. The van der Waals surface area contributed by atoms with Gasteiger partial charge in [-0.05, 0) is 25.8 Å². The van der Waals surface area contributed by atoms with E-state index in [0.717, 1.165) is 0 Å². The predicted molar refractivity (Wildman–Crippen MR) is 139 cm³/mol. The SMILES string of the molecule is NCCCCN(O)C(=O)N[C@@H]1C[C@H](N)[C@@H](O[C@H]2O[C@H](CN)[C@@H](O)[C@H](O)[C@H]2O)[C@H](O)[C@H]1O[C@@H]1O[C@@H](CO)[C@H](O)[C@@H](N)[C@@H]1O. The maximum atomic E-state index is 12.7. The maximum absolute atomic E-state index is 12.7. The number of nitrogens with zero attached hydrogens (tertiary/aromatic N) is 1. The minimum Gasteiger partial charge on any atom is -0.394 e. The van der Waals surface area contributed by atoms with Gasteiger partial charge in [0.05, 0.1) is 25.2 Å². The van der Waals surface area contributed by atoms with Gasteiger partial charge in [-0.3, -0.25) is 5.21 Å². The van der Waals surface area contributed by atoms with Crippen LogP contribution in [0.2, 0.25) is 0 Å². The molecule has 2 heterocycles. The van der Waals surface area contributed by atoms with Crippen molar-refractivity contribution in [1.29, 1.82) is 0 Å². The second-order valence-electron chi connectivity index (χ2n) is 10.8. The van der Waals surface area contributed by atoms with Crippen molar-refractivity contribution < 1.29 is 64.7 Å². The lowest BCUT2D eigenvalue weighted by molar-refractivity contribution is -0.332. The van der Waals surface area contributed by atoms with Gasteiger partial charge in [0, 0.05) is 12.6 Å². The van der Waals surface area contributed by atoms with Gasteiger partial charge in [0.2, 0.25) is 0 Å². The third-order valence-corrected chi connectivity index (χ3v) is 7.81. The van der Waals surface area contributed by atoms with E-state index in [9.17, 15) is 45.7 Å². The molecule has 42 heavy (non-hydrogen) atoms. The molecule has 1 aliphatic carbocycles. The summed E-state index contributed by atoms with van der Waals surface area (Å²) in [7, 11) is 0. The predicted octanol–water partition coefficient (Wildman–Crippen LogP) is -7.11. The second-order valence-corrected chi connectivity index (χ2v) is 10.8. The molecule has 0 aromatic carbocycles. The van der Waals surface area contributed by atoms with Gasteiger partial charge in [-0.2, -0.15) is 0 Å². The molecule has 0 spiro atoms. The Hall–Kier alpha value is -1.37. The van der Waals surface area contributed by atoms with Gasteiger partial charge in [-0.25, -0.2) is 9.86 Å². The number of aliphatic hydroxyl groups is 7. The summed E-state index contributed by atoms with van der Waals surface area (Å²) in [5, 5.41) is 85.6. The van der Waals surface area contributed by atoms with E-state index in [1.807, 2.05) is 0 Å². The minimum atomic E-state index is -1.76. The van der Waals surface area contributed by atoms with E-state index < -0.39 is 104 Å². The number of aliphatic hydroxyl groups excluding tert-OH is 7. The zero-order chi connectivity index (χ0) is 31.3. The molecule has 0 radical (unpaired) electrons. The van der Waals surface area contributed by atoms with Crippen molar-refractivity contribution in [3.8, 4) is 0 Å². The summed E-state index contributed by atoms with van der Waals surface area (Å²) in [5.74, 6) is 0. The highest BCUT2D eigenvalue weighted by atomic mass is 16.7. The molecule has 15 atom stereocenters. The molecule has 17 N–H and O–H groups in total. The van der Waals surface area contributed by atoms with Gasteiger partial charge in [0.25, 0.3) is 0 Å². The summed E-state index contributed by atoms with van der Waals surface area (Å²) in [6.07, 6.45) is -17.4. The van der Waals surface area contributed by atoms with Crippen LogP contribution in [0.3, 0.4) is 0 Å². The van der Waals surface area contributed by atoms with Gasteiger partial charge in [-0.1, -0.05) is 0 Å². The van der Waals surface area contributed by atoms with Crippen molar-refractivity contribution in [2.45, 2.75) is 111 Å². The first kappa shape index (κ1) is 35.1. The van der Waals surface area contributed by atoms with Gasteiger partial charge >= 0.3 is 6.03 Å². The Balaban J connectivity index is 1.83. The highest BCUT2D eigenvalue weighted by molar-refractivity contribution is 5.73. The number of unbranched alkanes of at least 4 members (excludes halogenated alkanes) is 1. The number of ether oxygens (including phenoxy) is 4. The smallest absolute Gasteiger partial charge is 0.341 e. The van der Waals surface area contributed by atoms with Crippen LogP contribution < -0.4 is 28.3 Å². The van der Waals surface area contributed by atoms with Crippen molar-refractivity contribution in [3.05, 3.63) is 0 Å². The molecule has 1 saturated carbocycles. The van der Waals surface area contributed by atoms with E-state index in [1.165, 1.54) is 0 Å². The number of carbonyl (C=O) groups is 1. The summed E-state index contributed by atoms with van der Waals surface area (Å²) < 4.78 is 22.6. The van der Waals surface area contributed by atoms with Crippen LogP contribution in [0.1, 0.15) is 19.3 Å². The molecule has 0 bridgehead atoms. The van der Waals surface area contributed by atoms with Gasteiger partial charge in [0.15, 0.2) is 12.6 Å². The van der Waals surface area contributed by atoms with Gasteiger partial charge in [-0.15, -0.1) is 0 Å². The molecule has 2 aliphatic heterocycles. The first-order valence-corrected chi connectivity index (χ1v) is 13.8. The molecule has 246 valence electrons. The largest absolute Gasteiger partial charge is 0.394 e. The Kier molecular flexibility index (Phi) is 13.0. The van der Waals surface area contributed by atoms with Crippen LogP contribution in [0.5, 0.6) is 0 Å². The zero-order valence-electron chi connectivity index (χ0n) is 23.0. The number of nitrogens with two attached hydrogens (primary N) is 4. The third kappa shape index (κ3) is 7.82. The molecular weight excluding hydrogens is 568 g/mol. The van der Waals surface area contributed by atoms with Crippen molar-refractivity contribution in [1.82, 2.24) is 10.4 Å². The Labute approximate surface area is 241 Å². The molecule has 0 aromatic rings. The van der Waals surface area contributed by atoms with Crippen LogP contribution in [-0.2, 0) is 18.9 Å². The molecule has 3 aliphatic rings. The summed E-state index contributed by atoms with van der Waals surface area (Å²) >= 11 is 0. The molecule has 3 fully saturated rings. The topological polar surface area (TPSA) is 335 Å². The van der Waals surface area contributed by atoms with Crippen LogP contribution in [0.25, 0.3) is 0 Å². The van der Waals surface area contributed by atoms with Crippen molar-refractivity contribution >= 4 is 6.03 Å². The number of hydroxylamine groups is 2. The van der Waals surface area contributed by atoms with E-state index in [0.29, 0.717) is 24.4 Å². The highest BCUT2D eigenvalue weighted by Gasteiger charge is 2.52. The molecular formula is C23H46N6O13. The van der Waals surface area contributed by atoms with Crippen molar-refractivity contribution in [2.24, 2.45) is 22.9 Å². The van der Waals surface area contributed by atoms with Crippen molar-refractivity contribution in [3.63, 3.8) is 0 Å². The average Bonchev–Trinajstić information content (AvgIpc) is 2.96. The second kappa shape index (κ2) is 15.6. The van der Waals surface area contributed by atoms with E-state index in [-0.39, 0.29) is 19.5 Å². The Bertz CT molecular complexity index is 849. The van der Waals surface area contributed by atoms with Gasteiger partial charge < -0.3 is 82.9 Å². The zero-order valence-corrected chi connectivity index (χ0v) is 23.0. The molecule has 0 unspecified atom stereocenters. The Morgan fingerprint density at radius 1 is 0.833 bits per heavy atom. The van der Waals surface area contributed by atoms with Crippen LogP contribution in [0.15, 0.2) is 0 Å². The lowest BCUT2D eigenvalue weighted by atomic mass is 9.83. The summed E-state index contributed by atoms with van der Waals surface area (Å²) in [6.45, 7) is -0.610. The van der Waals surface area contributed by atoms with Gasteiger partial charge in [0.1, 0.15) is 61.0 Å². The highest BCUT2D eigenvalue weighted by Crippen LogP contribution is 2.32. The van der Waals surface area contributed by atoms with E-state index in [2.05, 4.69) is 5.32 Å². The molecule has 2 amide bonds. The fraction of sp³-hybridized carbons (Fsp3) is 0.957. The summed E-state index contributed by atoms with van der Waals surface area (Å²) in [6, 6.07) is -4.45. The lowest BCUT2D eigenvalue weighted by Gasteiger charge is -2.48. The first-order valence-electron chi connectivity index (χ1n) is 13.8. The summed E-state index contributed by atoms with van der Waals surface area (Å²) in [4.78, 5) is 12.7. The van der Waals surface area contributed by atoms with Crippen molar-refractivity contribution in [2.75, 3.05) is 26.2 Å². The average molecular weight is 615 g/mol. The summed E-state index contributed by atoms with van der Waals surface area (Å²) in [5.41, 5.74) is 23.2. The molecule has 19 heteroatoms. The number of nitrogens with one attached hydrogen (secondary N) is 1. The molecule has 0 aromatic heterocycles. The van der Waals surface area contributed by atoms with E-state index in [1.54, 1.807) is 0 Å². The van der Waals surface area contributed by atoms with Crippen LogP contribution >= 0.6 is 0 Å². The van der Waals surface area contributed by atoms with Crippen LogP contribution in [0, 0.1) is 0 Å². The quantitative estimate of drug-likeness (QED) is 0.0583. The number of hydrogen-bond donors (Lipinski definition) is 13. The molecule has 3 rings (SSSR count). The number of urea groups is 1. The molecule has 19 nitrogen and oxygen atoms in total. The Morgan fingerprint density at radius 2 is 1.45 bits per heavy atom. The number of carbonyl (C=O) groups excluding carboxylic acids is 1.